The lowest BCUT2D eigenvalue weighted by Gasteiger charge is -2.20. The molecule has 1 aliphatic heterocycles. The summed E-state index contributed by atoms with van der Waals surface area (Å²) in [5, 5.41) is 6.90. The van der Waals surface area contributed by atoms with Gasteiger partial charge in [-0.25, -0.2) is 4.79 Å². The van der Waals surface area contributed by atoms with E-state index in [-0.39, 0.29) is 17.9 Å². The molecule has 7 nitrogen and oxygen atoms in total. The van der Waals surface area contributed by atoms with Gasteiger partial charge in [-0.3, -0.25) is 4.79 Å². The van der Waals surface area contributed by atoms with Gasteiger partial charge in [0.2, 0.25) is 0 Å². The highest BCUT2D eigenvalue weighted by Gasteiger charge is 2.31. The molecule has 1 aromatic heterocycles. The molecule has 0 spiro atoms. The Balaban J connectivity index is 1.46. The van der Waals surface area contributed by atoms with Gasteiger partial charge in [0.1, 0.15) is 18.4 Å². The van der Waals surface area contributed by atoms with Gasteiger partial charge >= 0.3 is 6.03 Å². The fourth-order valence-electron chi connectivity index (χ4n) is 3.55. The van der Waals surface area contributed by atoms with Crippen molar-refractivity contribution in [1.29, 1.82) is 0 Å². The Morgan fingerprint density at radius 3 is 2.68 bits per heavy atom. The molecule has 0 fully saturated rings. The highest BCUT2D eigenvalue weighted by atomic mass is 16.5. The number of fused-ring (bicyclic) bond motifs is 1. The molecule has 0 bridgehead atoms. The van der Waals surface area contributed by atoms with Crippen LogP contribution in [0.3, 0.4) is 0 Å². The predicted molar refractivity (Wildman–Crippen MR) is 131 cm³/mol. The summed E-state index contributed by atoms with van der Waals surface area (Å²) in [5.74, 6) is 6.64. The van der Waals surface area contributed by atoms with Gasteiger partial charge in [0.05, 0.1) is 11.9 Å². The standard InChI is InChI=1S/C27H28N4O3/c1-27(2,3)13-12-20-10-11-24-23(15-20)30(4)25(32)22(18-34-24)29-26(33)31-17-21(16-28-31)14-19-8-6-5-7-9-19/h5-11,15-17,22H,14,18H2,1-4H3,(H,29,33). The summed E-state index contributed by atoms with van der Waals surface area (Å²) in [4.78, 5) is 27.4. The third-order valence-corrected chi connectivity index (χ3v) is 5.33. The van der Waals surface area contributed by atoms with Gasteiger partial charge in [0.15, 0.2) is 0 Å². The van der Waals surface area contributed by atoms with Crippen molar-refractivity contribution >= 4 is 17.6 Å². The van der Waals surface area contributed by atoms with Gasteiger partial charge in [-0.2, -0.15) is 9.78 Å². The number of hydrogen-bond donors (Lipinski definition) is 1. The number of benzene rings is 2. The highest BCUT2D eigenvalue weighted by Crippen LogP contribution is 2.31. The molecule has 2 aromatic carbocycles. The molecule has 34 heavy (non-hydrogen) atoms. The molecule has 0 saturated carbocycles. The van der Waals surface area contributed by atoms with Gasteiger partial charge in [-0.1, -0.05) is 42.2 Å². The van der Waals surface area contributed by atoms with Crippen LogP contribution in [0, 0.1) is 17.3 Å². The minimum absolute atomic E-state index is 0.0209. The van der Waals surface area contributed by atoms with Gasteiger partial charge in [-0.05, 0) is 50.1 Å². The van der Waals surface area contributed by atoms with Crippen molar-refractivity contribution in [2.45, 2.75) is 33.2 Å². The van der Waals surface area contributed by atoms with Gasteiger partial charge in [-0.15, -0.1) is 0 Å². The number of anilines is 1. The maximum Gasteiger partial charge on any atom is 0.342 e. The fraction of sp³-hybridized carbons (Fsp3) is 0.296. The molecule has 1 atom stereocenters. The molecule has 4 rings (SSSR count). The van der Waals surface area contributed by atoms with Crippen LogP contribution in [0.25, 0.3) is 0 Å². The Morgan fingerprint density at radius 2 is 1.94 bits per heavy atom. The Hall–Kier alpha value is -4.05. The van der Waals surface area contributed by atoms with E-state index in [1.54, 1.807) is 25.5 Å². The van der Waals surface area contributed by atoms with E-state index in [0.29, 0.717) is 17.9 Å². The van der Waals surface area contributed by atoms with E-state index >= 15 is 0 Å². The number of amides is 2. The van der Waals surface area contributed by atoms with Crippen LogP contribution >= 0.6 is 0 Å². The molecule has 1 N–H and O–H groups in total. The third-order valence-electron chi connectivity index (χ3n) is 5.33. The summed E-state index contributed by atoms with van der Waals surface area (Å²) < 4.78 is 7.08. The zero-order valence-electron chi connectivity index (χ0n) is 19.8. The highest BCUT2D eigenvalue weighted by molar-refractivity contribution is 6.00. The van der Waals surface area contributed by atoms with E-state index in [1.165, 1.54) is 9.58 Å². The lowest BCUT2D eigenvalue weighted by Crippen LogP contribution is -2.50. The second-order valence-electron chi connectivity index (χ2n) is 9.35. The first-order valence-electron chi connectivity index (χ1n) is 11.2. The molecule has 0 saturated heterocycles. The van der Waals surface area contributed by atoms with E-state index < -0.39 is 12.1 Å². The predicted octanol–water partition coefficient (Wildman–Crippen LogP) is 3.85. The van der Waals surface area contributed by atoms with Crippen LogP contribution in [-0.4, -0.2) is 41.4 Å². The Kier molecular flexibility index (Phi) is 6.42. The first-order valence-corrected chi connectivity index (χ1v) is 11.2. The van der Waals surface area contributed by atoms with Gasteiger partial charge in [0, 0.05) is 30.6 Å². The van der Waals surface area contributed by atoms with Crippen molar-refractivity contribution in [1.82, 2.24) is 15.1 Å². The monoisotopic (exact) mass is 456 g/mol. The number of likely N-dealkylation sites (N-methyl/N-ethyl adjacent to an activating group) is 1. The largest absolute Gasteiger partial charge is 0.489 e. The Morgan fingerprint density at radius 1 is 1.18 bits per heavy atom. The van der Waals surface area contributed by atoms with Crippen molar-refractivity contribution in [2.75, 3.05) is 18.6 Å². The van der Waals surface area contributed by atoms with Crippen LogP contribution in [0.5, 0.6) is 5.75 Å². The normalized spacial score (nSPS) is 15.5. The molecule has 7 heteroatoms. The van der Waals surface area contributed by atoms with Crippen LogP contribution in [0.1, 0.15) is 37.5 Å². The number of nitrogens with one attached hydrogen (secondary N) is 1. The van der Waals surface area contributed by atoms with Crippen molar-refractivity contribution < 1.29 is 14.3 Å². The van der Waals surface area contributed by atoms with Crippen LogP contribution in [0.4, 0.5) is 10.5 Å². The minimum atomic E-state index is -0.851. The van der Waals surface area contributed by atoms with Gasteiger partial charge < -0.3 is 15.0 Å². The van der Waals surface area contributed by atoms with Crippen LogP contribution in [0.2, 0.25) is 0 Å². The molecular formula is C27H28N4O3. The van der Waals surface area contributed by atoms with Crippen molar-refractivity contribution in [3.63, 3.8) is 0 Å². The summed E-state index contributed by atoms with van der Waals surface area (Å²) in [6, 6.07) is 14.1. The molecule has 1 aliphatic rings. The maximum absolute atomic E-state index is 13.1. The molecule has 2 heterocycles. The smallest absolute Gasteiger partial charge is 0.342 e. The average Bonchev–Trinajstić information content (AvgIpc) is 3.24. The van der Waals surface area contributed by atoms with Crippen LogP contribution in [-0.2, 0) is 11.2 Å². The zero-order chi connectivity index (χ0) is 24.3. The number of carbonyl (C=O) groups is 2. The molecular weight excluding hydrogens is 428 g/mol. The van der Waals surface area contributed by atoms with E-state index in [9.17, 15) is 9.59 Å². The Labute approximate surface area is 199 Å². The lowest BCUT2D eigenvalue weighted by atomic mass is 9.97. The molecule has 174 valence electrons. The molecule has 3 aromatic rings. The zero-order valence-corrected chi connectivity index (χ0v) is 19.8. The van der Waals surface area contributed by atoms with Gasteiger partial charge in [0.25, 0.3) is 5.91 Å². The van der Waals surface area contributed by atoms with Crippen LogP contribution in [0.15, 0.2) is 60.9 Å². The first kappa shape index (κ1) is 23.1. The molecule has 0 aliphatic carbocycles. The summed E-state index contributed by atoms with van der Waals surface area (Å²) >= 11 is 0. The third kappa shape index (κ3) is 5.46. The second-order valence-corrected chi connectivity index (χ2v) is 9.35. The number of hydrogen-bond acceptors (Lipinski definition) is 4. The van der Waals surface area contributed by atoms with E-state index in [2.05, 4.69) is 22.3 Å². The number of ether oxygens (including phenoxy) is 1. The maximum atomic E-state index is 13.1. The summed E-state index contributed by atoms with van der Waals surface area (Å²) in [7, 11) is 1.67. The van der Waals surface area contributed by atoms with E-state index in [0.717, 1.165) is 16.7 Å². The second kappa shape index (κ2) is 9.44. The fourth-order valence-corrected chi connectivity index (χ4v) is 3.55. The van der Waals surface area contributed by atoms with Crippen molar-refractivity contribution in [3.8, 4) is 17.6 Å². The number of rotatable bonds is 3. The van der Waals surface area contributed by atoms with E-state index in [1.807, 2.05) is 63.2 Å². The number of aromatic nitrogens is 2. The molecule has 2 amide bonds. The van der Waals surface area contributed by atoms with Crippen molar-refractivity contribution in [2.24, 2.45) is 5.41 Å². The quantitative estimate of drug-likeness (QED) is 0.608. The van der Waals surface area contributed by atoms with Crippen LogP contribution < -0.4 is 15.0 Å². The summed E-state index contributed by atoms with van der Waals surface area (Å²) in [6.45, 7) is 6.15. The molecule has 0 radical (unpaired) electrons. The topological polar surface area (TPSA) is 76.5 Å². The Bertz CT molecular complexity index is 1260. The SMILES string of the molecule is CN1C(=O)C(NC(=O)n2cc(Cc3ccccc3)cn2)COc2ccc(C#CC(C)(C)C)cc21. The first-order chi connectivity index (χ1) is 16.2. The summed E-state index contributed by atoms with van der Waals surface area (Å²) in [6.07, 6.45) is 3.99. The number of carbonyl (C=O) groups excluding carboxylic acids is 2. The minimum Gasteiger partial charge on any atom is -0.489 e. The summed E-state index contributed by atoms with van der Waals surface area (Å²) in [5.41, 5.74) is 3.31. The molecule has 1 unspecified atom stereocenters. The van der Waals surface area contributed by atoms with E-state index in [4.69, 9.17) is 4.74 Å². The lowest BCUT2D eigenvalue weighted by molar-refractivity contribution is -0.120. The average molecular weight is 457 g/mol. The van der Waals surface area contributed by atoms with Crippen molar-refractivity contribution in [3.05, 3.63) is 77.6 Å². The number of nitrogens with zero attached hydrogens (tertiary/aromatic N) is 3.